The minimum absolute atomic E-state index is 0.189. The lowest BCUT2D eigenvalue weighted by Gasteiger charge is -2.18. The molecular formula is C50H30O. The molecule has 0 fully saturated rings. The molecule has 0 N–H and O–H groups in total. The van der Waals surface area contributed by atoms with E-state index < -0.39 is 24.2 Å². The summed E-state index contributed by atoms with van der Waals surface area (Å²) in [5.41, 5.74) is 5.30. The normalized spacial score (nSPS) is 14.1. The van der Waals surface area contributed by atoms with E-state index in [1.165, 1.54) is 0 Å². The Labute approximate surface area is 305 Å². The first kappa shape index (κ1) is 21.4. The van der Waals surface area contributed by atoms with Gasteiger partial charge in [-0.1, -0.05) is 151 Å². The molecule has 1 nitrogen and oxygen atoms in total. The van der Waals surface area contributed by atoms with Gasteiger partial charge in [0.15, 0.2) is 0 Å². The maximum Gasteiger partial charge on any atom is 0.136 e. The predicted octanol–water partition coefficient (Wildman–Crippen LogP) is 14.4. The van der Waals surface area contributed by atoms with Crippen molar-refractivity contribution in [2.75, 3.05) is 0 Å². The zero-order valence-corrected chi connectivity index (χ0v) is 27.1. The van der Waals surface area contributed by atoms with Gasteiger partial charge in [0.2, 0.25) is 0 Å². The molecule has 0 saturated heterocycles. The molecule has 1 aromatic heterocycles. The highest BCUT2D eigenvalue weighted by molar-refractivity contribution is 6.24. The first-order valence-electron chi connectivity index (χ1n) is 20.9. The van der Waals surface area contributed by atoms with Gasteiger partial charge in [-0.15, -0.1) is 0 Å². The fraction of sp³-hybridized carbons (Fsp3) is 0. The van der Waals surface area contributed by atoms with Crippen LogP contribution in [0.5, 0.6) is 0 Å². The summed E-state index contributed by atoms with van der Waals surface area (Å²) in [6.07, 6.45) is 0. The van der Waals surface area contributed by atoms with E-state index in [4.69, 9.17) is 9.90 Å². The highest BCUT2D eigenvalue weighted by Gasteiger charge is 2.18. The van der Waals surface area contributed by atoms with Gasteiger partial charge in [0, 0.05) is 10.8 Å². The highest BCUT2D eigenvalue weighted by atomic mass is 16.3. The maximum absolute atomic E-state index is 9.40. The number of benzene rings is 10. The quantitative estimate of drug-likeness (QED) is 0.173. The molecule has 0 radical (unpaired) electrons. The van der Waals surface area contributed by atoms with Gasteiger partial charge in [0.1, 0.15) is 11.2 Å². The number of rotatable bonds is 3. The maximum atomic E-state index is 9.40. The van der Waals surface area contributed by atoms with Crippen LogP contribution >= 0.6 is 0 Å². The average molecular weight is 655 g/mol. The predicted molar refractivity (Wildman–Crippen MR) is 218 cm³/mol. The van der Waals surface area contributed by atoms with Gasteiger partial charge in [-0.2, -0.15) is 0 Å². The lowest BCUT2D eigenvalue weighted by Crippen LogP contribution is -1.91. The van der Waals surface area contributed by atoms with E-state index in [1.54, 1.807) is 0 Å². The van der Waals surface area contributed by atoms with Crippen molar-refractivity contribution in [3.8, 4) is 33.4 Å². The smallest absolute Gasteiger partial charge is 0.136 e. The zero-order chi connectivity index (χ0) is 40.4. The Morgan fingerprint density at radius 3 is 1.55 bits per heavy atom. The Bertz CT molecular complexity index is 3580. The molecule has 0 aliphatic carbocycles. The summed E-state index contributed by atoms with van der Waals surface area (Å²) >= 11 is 0. The van der Waals surface area contributed by atoms with Crippen molar-refractivity contribution >= 4 is 75.8 Å². The Hall–Kier alpha value is -6.70. The summed E-state index contributed by atoms with van der Waals surface area (Å²) in [6, 6.07) is 41.0. The van der Waals surface area contributed by atoms with Gasteiger partial charge in [-0.3, -0.25) is 0 Å². The van der Waals surface area contributed by atoms with Crippen LogP contribution in [0.2, 0.25) is 0 Å². The molecule has 10 aromatic carbocycles. The van der Waals surface area contributed by atoms with Crippen LogP contribution in [0.3, 0.4) is 0 Å². The van der Waals surface area contributed by atoms with Crippen LogP contribution in [0, 0.1) is 0 Å². The minimum Gasteiger partial charge on any atom is -0.456 e. The molecule has 236 valence electrons. The largest absolute Gasteiger partial charge is 0.456 e. The van der Waals surface area contributed by atoms with Crippen LogP contribution in [0.25, 0.3) is 109 Å². The molecule has 51 heavy (non-hydrogen) atoms. The van der Waals surface area contributed by atoms with Crippen molar-refractivity contribution in [3.63, 3.8) is 0 Å². The summed E-state index contributed by atoms with van der Waals surface area (Å²) in [6.45, 7) is 0. The molecule has 0 bridgehead atoms. The fourth-order valence-electron chi connectivity index (χ4n) is 7.94. The van der Waals surface area contributed by atoms with Crippen molar-refractivity contribution in [1.29, 1.82) is 0 Å². The van der Waals surface area contributed by atoms with Crippen molar-refractivity contribution in [1.82, 2.24) is 0 Å². The Morgan fingerprint density at radius 1 is 0.353 bits per heavy atom. The molecule has 11 rings (SSSR count). The van der Waals surface area contributed by atoms with E-state index >= 15 is 0 Å². The fourth-order valence-corrected chi connectivity index (χ4v) is 7.94. The van der Waals surface area contributed by atoms with Gasteiger partial charge < -0.3 is 4.42 Å². The Balaban J connectivity index is 1.24. The van der Waals surface area contributed by atoms with E-state index in [-0.39, 0.29) is 45.7 Å². The third-order valence-electron chi connectivity index (χ3n) is 10.2. The third kappa shape index (κ3) is 4.28. The van der Waals surface area contributed by atoms with Crippen molar-refractivity contribution < 1.29 is 15.4 Å². The molecule has 0 amide bonds. The molecule has 1 heterocycles. The first-order valence-corrected chi connectivity index (χ1v) is 16.9. The van der Waals surface area contributed by atoms with Gasteiger partial charge in [0.25, 0.3) is 0 Å². The van der Waals surface area contributed by atoms with Gasteiger partial charge >= 0.3 is 0 Å². The van der Waals surface area contributed by atoms with E-state index in [1.807, 2.05) is 97.1 Å². The summed E-state index contributed by atoms with van der Waals surface area (Å²) < 4.78 is 79.2. The van der Waals surface area contributed by atoms with Gasteiger partial charge in [-0.25, -0.2) is 0 Å². The standard InChI is InChI=1S/C50H30O/c1-2-12-34-28-36(24-21-31(34)10-1)47-41-14-5-7-16-43(41)48(44-17-8-6-15-42(44)47)37-25-22-32-20-23-35(29-38(32)30-37)40-18-9-19-45-50(40)49-39-13-4-3-11-33(39)26-27-46(49)51-45/h1-30H/i5D,6D,7D,8D,14D,15D,16D,17D. The lowest BCUT2D eigenvalue weighted by atomic mass is 9.85. The second kappa shape index (κ2) is 10.9. The summed E-state index contributed by atoms with van der Waals surface area (Å²) in [4.78, 5) is 0. The SMILES string of the molecule is [2H]c1c([2H])c([2H])c2c(-c3ccc4ccc(-c5cccc6oc7ccc8ccccc8c7c56)cc4c3)c3c([2H])c([2H])c([2H])c([2H])c3c(-c3ccc4ccccc4c3)c2c1[2H]. The molecule has 0 spiro atoms. The number of hydrogen-bond acceptors (Lipinski definition) is 1. The molecule has 0 aliphatic heterocycles. The molecule has 0 saturated carbocycles. The number of hydrogen-bond donors (Lipinski definition) is 0. The topological polar surface area (TPSA) is 13.1 Å². The molecule has 0 atom stereocenters. The van der Waals surface area contributed by atoms with E-state index in [2.05, 4.69) is 36.4 Å². The van der Waals surface area contributed by atoms with Crippen LogP contribution in [-0.2, 0) is 0 Å². The number of fused-ring (bicyclic) bond motifs is 9. The number of furan rings is 1. The monoisotopic (exact) mass is 654 g/mol. The van der Waals surface area contributed by atoms with Crippen molar-refractivity contribution in [2.24, 2.45) is 0 Å². The summed E-state index contributed by atoms with van der Waals surface area (Å²) in [7, 11) is 0. The van der Waals surface area contributed by atoms with Crippen LogP contribution in [0.4, 0.5) is 0 Å². The second-order valence-corrected chi connectivity index (χ2v) is 13.0. The molecular weight excluding hydrogens is 617 g/mol. The zero-order valence-electron chi connectivity index (χ0n) is 35.1. The Morgan fingerprint density at radius 2 is 0.863 bits per heavy atom. The van der Waals surface area contributed by atoms with Gasteiger partial charge in [0.05, 0.1) is 11.0 Å². The van der Waals surface area contributed by atoms with E-state index in [0.29, 0.717) is 22.3 Å². The third-order valence-corrected chi connectivity index (χ3v) is 10.2. The summed E-state index contributed by atoms with van der Waals surface area (Å²) in [5.74, 6) is 0. The van der Waals surface area contributed by atoms with E-state index in [9.17, 15) is 5.48 Å². The molecule has 0 unspecified atom stereocenters. The van der Waals surface area contributed by atoms with Crippen LogP contribution < -0.4 is 0 Å². The summed E-state index contributed by atoms with van der Waals surface area (Å²) in [5, 5.41) is 8.63. The molecule has 0 aliphatic rings. The van der Waals surface area contributed by atoms with Crippen LogP contribution in [0.1, 0.15) is 11.0 Å². The van der Waals surface area contributed by atoms with Crippen LogP contribution in [-0.4, -0.2) is 0 Å². The Kier molecular flexibility index (Phi) is 4.57. The minimum atomic E-state index is -0.426. The second-order valence-electron chi connectivity index (χ2n) is 13.0. The average Bonchev–Trinajstić information content (AvgIpc) is 3.67. The van der Waals surface area contributed by atoms with Crippen molar-refractivity contribution in [3.05, 3.63) is 182 Å². The highest BCUT2D eigenvalue weighted by Crippen LogP contribution is 2.45. The van der Waals surface area contributed by atoms with Crippen LogP contribution in [0.15, 0.2) is 186 Å². The first-order chi connectivity index (χ1) is 28.6. The van der Waals surface area contributed by atoms with Crippen molar-refractivity contribution in [2.45, 2.75) is 0 Å². The molecule has 1 heteroatoms. The van der Waals surface area contributed by atoms with Gasteiger partial charge in [-0.05, 0) is 118 Å². The molecule has 11 aromatic rings. The lowest BCUT2D eigenvalue weighted by molar-refractivity contribution is 0.669. The van der Waals surface area contributed by atoms with E-state index in [0.717, 1.165) is 65.4 Å².